The number of nitrogens with zero attached hydrogens (tertiary/aromatic N) is 1. The second-order valence-corrected chi connectivity index (χ2v) is 4.44. The van der Waals surface area contributed by atoms with E-state index in [1.54, 1.807) is 12.4 Å². The lowest BCUT2D eigenvalue weighted by molar-refractivity contribution is 0.0636. The van der Waals surface area contributed by atoms with E-state index >= 15 is 0 Å². The predicted octanol–water partition coefficient (Wildman–Crippen LogP) is 0.541. The van der Waals surface area contributed by atoms with Gasteiger partial charge in [-0.2, -0.15) is 0 Å². The Labute approximate surface area is 96.2 Å². The molecule has 0 saturated heterocycles. The summed E-state index contributed by atoms with van der Waals surface area (Å²) in [6.45, 7) is 6.12. The van der Waals surface area contributed by atoms with Gasteiger partial charge in [0.25, 0.3) is 0 Å². The van der Waals surface area contributed by atoms with E-state index < -0.39 is 0 Å². The summed E-state index contributed by atoms with van der Waals surface area (Å²) < 4.78 is 0. The summed E-state index contributed by atoms with van der Waals surface area (Å²) >= 11 is 0. The SMILES string of the molecule is CC(C)(C)C(O)Cc1ccncc1.NO.O. The minimum absolute atomic E-state index is 0. The molecular formula is C11H22N2O3. The van der Waals surface area contributed by atoms with Crippen LogP contribution in [0.3, 0.4) is 0 Å². The molecule has 5 heteroatoms. The van der Waals surface area contributed by atoms with Crippen molar-refractivity contribution in [3.63, 3.8) is 0 Å². The fraction of sp³-hybridized carbons (Fsp3) is 0.545. The van der Waals surface area contributed by atoms with Crippen LogP contribution in [0, 0.1) is 5.41 Å². The second kappa shape index (κ2) is 8.18. The van der Waals surface area contributed by atoms with Crippen molar-refractivity contribution in [2.24, 2.45) is 11.3 Å². The first-order valence-corrected chi connectivity index (χ1v) is 4.83. The van der Waals surface area contributed by atoms with Crippen LogP contribution in [0.15, 0.2) is 24.5 Å². The number of hydrogen-bond acceptors (Lipinski definition) is 4. The smallest absolute Gasteiger partial charge is 0.0628 e. The Bertz CT molecular complexity index is 260. The van der Waals surface area contributed by atoms with E-state index in [2.05, 4.69) is 10.9 Å². The number of aliphatic hydroxyl groups excluding tert-OH is 1. The highest BCUT2D eigenvalue weighted by molar-refractivity contribution is 5.11. The highest BCUT2D eigenvalue weighted by atomic mass is 16.4. The molecule has 5 nitrogen and oxygen atoms in total. The van der Waals surface area contributed by atoms with Crippen molar-refractivity contribution in [1.29, 1.82) is 0 Å². The Balaban J connectivity index is 0. The molecule has 1 aromatic heterocycles. The van der Waals surface area contributed by atoms with Crippen LogP contribution in [0.4, 0.5) is 0 Å². The molecule has 0 saturated carbocycles. The Morgan fingerprint density at radius 1 is 1.25 bits per heavy atom. The summed E-state index contributed by atoms with van der Waals surface area (Å²) in [6.07, 6.45) is 3.91. The summed E-state index contributed by atoms with van der Waals surface area (Å²) in [4.78, 5) is 3.93. The van der Waals surface area contributed by atoms with Crippen molar-refractivity contribution < 1.29 is 15.8 Å². The van der Waals surface area contributed by atoms with Gasteiger partial charge in [0.2, 0.25) is 0 Å². The number of hydrogen-bond donors (Lipinski definition) is 3. The molecule has 0 radical (unpaired) electrons. The molecule has 0 aliphatic carbocycles. The zero-order chi connectivity index (χ0) is 11.9. The van der Waals surface area contributed by atoms with Gasteiger partial charge in [-0.05, 0) is 29.5 Å². The first kappa shape index (κ1) is 17.4. The third kappa shape index (κ3) is 6.47. The fourth-order valence-corrected chi connectivity index (χ4v) is 1.05. The molecule has 0 amide bonds. The van der Waals surface area contributed by atoms with Gasteiger partial charge >= 0.3 is 0 Å². The van der Waals surface area contributed by atoms with E-state index in [1.807, 2.05) is 32.9 Å². The molecule has 0 aromatic carbocycles. The number of nitrogens with two attached hydrogens (primary N) is 1. The molecule has 0 spiro atoms. The van der Waals surface area contributed by atoms with Gasteiger partial charge in [-0.15, -0.1) is 0 Å². The fourth-order valence-electron chi connectivity index (χ4n) is 1.05. The van der Waals surface area contributed by atoms with Gasteiger partial charge in [-0.3, -0.25) is 4.98 Å². The van der Waals surface area contributed by atoms with Crippen molar-refractivity contribution >= 4 is 0 Å². The van der Waals surface area contributed by atoms with Crippen LogP contribution >= 0.6 is 0 Å². The van der Waals surface area contributed by atoms with Crippen LogP contribution in [0.1, 0.15) is 26.3 Å². The molecule has 0 fully saturated rings. The maximum absolute atomic E-state index is 9.82. The van der Waals surface area contributed by atoms with E-state index in [1.165, 1.54) is 0 Å². The molecule has 0 aliphatic heterocycles. The lowest BCUT2D eigenvalue weighted by Gasteiger charge is -2.25. The highest BCUT2D eigenvalue weighted by Crippen LogP contribution is 2.21. The zero-order valence-corrected chi connectivity index (χ0v) is 10.0. The van der Waals surface area contributed by atoms with Gasteiger partial charge in [0.15, 0.2) is 0 Å². The summed E-state index contributed by atoms with van der Waals surface area (Å²) in [5.41, 5.74) is 1.08. The Kier molecular flexibility index (Phi) is 8.89. The third-order valence-corrected chi connectivity index (χ3v) is 2.18. The largest absolute Gasteiger partial charge is 0.412 e. The van der Waals surface area contributed by atoms with Gasteiger partial charge in [-0.1, -0.05) is 20.8 Å². The van der Waals surface area contributed by atoms with Gasteiger partial charge in [0.05, 0.1) is 6.10 Å². The molecule has 1 aromatic rings. The summed E-state index contributed by atoms with van der Waals surface area (Å²) in [5, 5.41) is 16.3. The highest BCUT2D eigenvalue weighted by Gasteiger charge is 2.21. The predicted molar refractivity (Wildman–Crippen MR) is 63.0 cm³/mol. The molecule has 6 N–H and O–H groups in total. The van der Waals surface area contributed by atoms with Crippen molar-refractivity contribution in [3.8, 4) is 0 Å². The van der Waals surface area contributed by atoms with Gasteiger partial charge in [0, 0.05) is 12.4 Å². The number of rotatable bonds is 2. The topological polar surface area (TPSA) is 111 Å². The first-order chi connectivity index (χ1) is 7.00. The average molecular weight is 230 g/mol. The molecular weight excluding hydrogens is 208 g/mol. The maximum Gasteiger partial charge on any atom is 0.0628 e. The molecule has 0 bridgehead atoms. The van der Waals surface area contributed by atoms with Gasteiger partial charge in [0.1, 0.15) is 0 Å². The first-order valence-electron chi connectivity index (χ1n) is 4.83. The minimum atomic E-state index is -0.296. The monoisotopic (exact) mass is 230 g/mol. The second-order valence-electron chi connectivity index (χ2n) is 4.44. The molecule has 1 heterocycles. The van der Waals surface area contributed by atoms with E-state index in [0.717, 1.165) is 5.56 Å². The molecule has 1 rings (SSSR count). The summed E-state index contributed by atoms with van der Waals surface area (Å²) in [6, 6.07) is 3.88. The Morgan fingerprint density at radius 3 is 2.06 bits per heavy atom. The van der Waals surface area contributed by atoms with Crippen LogP contribution in [0.2, 0.25) is 0 Å². The van der Waals surface area contributed by atoms with Crippen LogP contribution in [-0.4, -0.2) is 26.9 Å². The van der Waals surface area contributed by atoms with Crippen molar-refractivity contribution in [2.45, 2.75) is 33.3 Å². The number of aromatic nitrogens is 1. The standard InChI is InChI=1S/C11H17NO.H3NO.H2O/c1-11(2,3)10(13)8-9-4-6-12-7-5-9;1-2;/h4-7,10,13H,8H2,1-3H3;2H,1H2;1H2. The van der Waals surface area contributed by atoms with Gasteiger partial charge < -0.3 is 15.8 Å². The van der Waals surface area contributed by atoms with Crippen molar-refractivity contribution in [1.82, 2.24) is 4.98 Å². The molecule has 1 unspecified atom stereocenters. The van der Waals surface area contributed by atoms with Crippen LogP contribution < -0.4 is 5.90 Å². The quantitative estimate of drug-likeness (QED) is 0.644. The number of aliphatic hydroxyl groups is 1. The van der Waals surface area contributed by atoms with Crippen molar-refractivity contribution in [2.75, 3.05) is 0 Å². The Hall–Kier alpha value is -1.01. The Morgan fingerprint density at radius 2 is 1.69 bits per heavy atom. The van der Waals surface area contributed by atoms with Crippen LogP contribution in [0.25, 0.3) is 0 Å². The van der Waals surface area contributed by atoms with E-state index in [-0.39, 0.29) is 17.0 Å². The van der Waals surface area contributed by atoms with Crippen LogP contribution in [0.5, 0.6) is 0 Å². The summed E-state index contributed by atoms with van der Waals surface area (Å²) in [7, 11) is 0. The van der Waals surface area contributed by atoms with E-state index in [9.17, 15) is 5.11 Å². The van der Waals surface area contributed by atoms with E-state index in [4.69, 9.17) is 5.21 Å². The molecule has 16 heavy (non-hydrogen) atoms. The van der Waals surface area contributed by atoms with Gasteiger partial charge in [-0.25, -0.2) is 5.90 Å². The lowest BCUT2D eigenvalue weighted by atomic mass is 9.86. The van der Waals surface area contributed by atoms with Crippen molar-refractivity contribution in [3.05, 3.63) is 30.1 Å². The number of pyridine rings is 1. The lowest BCUT2D eigenvalue weighted by Crippen LogP contribution is -2.28. The molecule has 94 valence electrons. The molecule has 1 atom stereocenters. The molecule has 0 aliphatic rings. The normalized spacial score (nSPS) is 11.9. The minimum Gasteiger partial charge on any atom is -0.412 e. The van der Waals surface area contributed by atoms with Crippen LogP contribution in [-0.2, 0) is 6.42 Å². The maximum atomic E-state index is 9.82. The van der Waals surface area contributed by atoms with E-state index in [0.29, 0.717) is 6.42 Å². The average Bonchev–Trinajstić information content (AvgIpc) is 2.21. The zero-order valence-electron chi connectivity index (χ0n) is 10.0. The third-order valence-electron chi connectivity index (χ3n) is 2.18. The summed E-state index contributed by atoms with van der Waals surface area (Å²) in [5.74, 6) is 3.50.